The van der Waals surface area contributed by atoms with Gasteiger partial charge in [-0.1, -0.05) is 18.2 Å². The fourth-order valence-corrected chi connectivity index (χ4v) is 2.58. The van der Waals surface area contributed by atoms with Gasteiger partial charge in [-0.25, -0.2) is 4.98 Å². The first-order valence-corrected chi connectivity index (χ1v) is 7.50. The van der Waals surface area contributed by atoms with E-state index in [9.17, 15) is 4.79 Å². The number of rotatable bonds is 4. The Labute approximate surface area is 137 Å². The molecule has 0 radical (unpaired) electrons. The van der Waals surface area contributed by atoms with Gasteiger partial charge in [-0.05, 0) is 12.1 Å². The van der Waals surface area contributed by atoms with Crippen LogP contribution >= 0.6 is 0 Å². The number of benzene rings is 1. The Morgan fingerprint density at radius 2 is 2.21 bits per heavy atom. The van der Waals surface area contributed by atoms with Crippen LogP contribution in [0.5, 0.6) is 0 Å². The monoisotopic (exact) mass is 321 g/mol. The third-order valence-corrected chi connectivity index (χ3v) is 3.77. The summed E-state index contributed by atoms with van der Waals surface area (Å²) >= 11 is 0. The number of nitrogens with zero attached hydrogens (tertiary/aromatic N) is 4. The molecule has 0 atom stereocenters. The maximum Gasteiger partial charge on any atom is 0.241 e. The number of fused-ring (bicyclic) bond motifs is 1. The summed E-state index contributed by atoms with van der Waals surface area (Å²) in [5.74, 6) is 1.26. The number of nitrogens with one attached hydrogen (secondary N) is 1. The Morgan fingerprint density at radius 1 is 1.33 bits per heavy atom. The van der Waals surface area contributed by atoms with E-state index in [0.29, 0.717) is 11.6 Å². The van der Waals surface area contributed by atoms with Crippen molar-refractivity contribution in [1.29, 1.82) is 0 Å². The van der Waals surface area contributed by atoms with Crippen LogP contribution in [-0.4, -0.2) is 32.3 Å². The van der Waals surface area contributed by atoms with Crippen LogP contribution in [0.2, 0.25) is 0 Å². The molecule has 0 unspecified atom stereocenters. The van der Waals surface area contributed by atoms with Gasteiger partial charge in [-0.3, -0.25) is 14.0 Å². The van der Waals surface area contributed by atoms with Gasteiger partial charge < -0.3 is 9.73 Å². The summed E-state index contributed by atoms with van der Waals surface area (Å²) < 4.78 is 9.35. The number of likely N-dealkylation sites (N-methyl/N-ethyl adjacent to an activating group) is 1. The van der Waals surface area contributed by atoms with Crippen LogP contribution in [-0.2, 0) is 11.3 Å². The first-order chi connectivity index (χ1) is 11.7. The van der Waals surface area contributed by atoms with E-state index in [4.69, 9.17) is 4.42 Å². The molecule has 7 heteroatoms. The molecule has 0 saturated heterocycles. The molecular formula is C17H15N5O2. The van der Waals surface area contributed by atoms with Gasteiger partial charge in [0.1, 0.15) is 12.1 Å². The number of hydrogen-bond donors (Lipinski definition) is 1. The Hall–Kier alpha value is -3.35. The van der Waals surface area contributed by atoms with Crippen molar-refractivity contribution in [2.75, 3.05) is 7.05 Å². The number of furan rings is 1. The first-order valence-electron chi connectivity index (χ1n) is 7.50. The van der Waals surface area contributed by atoms with Crippen LogP contribution in [0, 0.1) is 0 Å². The van der Waals surface area contributed by atoms with Gasteiger partial charge >= 0.3 is 0 Å². The molecule has 0 aliphatic heterocycles. The molecule has 1 aromatic carbocycles. The second-order valence-electron chi connectivity index (χ2n) is 5.34. The van der Waals surface area contributed by atoms with Gasteiger partial charge in [0.25, 0.3) is 0 Å². The third kappa shape index (κ3) is 2.45. The van der Waals surface area contributed by atoms with Crippen LogP contribution < -0.4 is 5.32 Å². The van der Waals surface area contributed by atoms with Crippen molar-refractivity contribution in [3.63, 3.8) is 0 Å². The highest BCUT2D eigenvalue weighted by atomic mass is 16.3. The lowest BCUT2D eigenvalue weighted by molar-refractivity contribution is -0.121. The number of carbonyl (C=O) groups excluding carboxylic acids is 1. The Kier molecular flexibility index (Phi) is 3.38. The number of amides is 1. The molecular weight excluding hydrogens is 306 g/mol. The van der Waals surface area contributed by atoms with Gasteiger partial charge in [-0.2, -0.15) is 5.10 Å². The third-order valence-electron chi connectivity index (χ3n) is 3.77. The molecule has 4 aromatic rings. The van der Waals surface area contributed by atoms with Crippen LogP contribution in [0.3, 0.4) is 0 Å². The highest BCUT2D eigenvalue weighted by Crippen LogP contribution is 2.28. The number of hydrogen-bond acceptors (Lipinski definition) is 4. The summed E-state index contributed by atoms with van der Waals surface area (Å²) in [4.78, 5) is 15.9. The zero-order chi connectivity index (χ0) is 16.5. The van der Waals surface area contributed by atoms with Crippen molar-refractivity contribution >= 4 is 16.9 Å². The van der Waals surface area contributed by atoms with Gasteiger partial charge in [0.15, 0.2) is 11.6 Å². The van der Waals surface area contributed by atoms with Gasteiger partial charge in [0.05, 0.1) is 11.9 Å². The molecule has 24 heavy (non-hydrogen) atoms. The van der Waals surface area contributed by atoms with Crippen LogP contribution in [0.1, 0.15) is 0 Å². The van der Waals surface area contributed by atoms with Crippen LogP contribution in [0.25, 0.3) is 28.2 Å². The van der Waals surface area contributed by atoms with Crippen molar-refractivity contribution in [1.82, 2.24) is 24.6 Å². The van der Waals surface area contributed by atoms with Crippen molar-refractivity contribution in [2.24, 2.45) is 0 Å². The smallest absolute Gasteiger partial charge is 0.241 e. The highest BCUT2D eigenvalue weighted by molar-refractivity contribution is 5.81. The molecule has 0 aliphatic carbocycles. The Morgan fingerprint density at radius 3 is 3.04 bits per heavy atom. The fourth-order valence-electron chi connectivity index (χ4n) is 2.58. The molecule has 0 saturated carbocycles. The first kappa shape index (κ1) is 14.3. The summed E-state index contributed by atoms with van der Waals surface area (Å²) in [6.07, 6.45) is 7.03. The van der Waals surface area contributed by atoms with Crippen LogP contribution in [0.15, 0.2) is 59.5 Å². The van der Waals surface area contributed by atoms with E-state index < -0.39 is 0 Å². The minimum Gasteiger partial charge on any atom is -0.453 e. The van der Waals surface area contributed by atoms with Crippen LogP contribution in [0.4, 0.5) is 0 Å². The normalized spacial score (nSPS) is 11.0. The molecule has 0 fully saturated rings. The summed E-state index contributed by atoms with van der Waals surface area (Å²) in [6, 6.07) is 9.79. The molecule has 1 amide bonds. The standard InChI is InChI=1S/C17H15N5O2/c1-18-16(23)11-21-10-13(9-20-21)22-7-6-19-17(22)15-8-12-4-2-3-5-14(12)24-15/h2-10H,11H2,1H3,(H,18,23). The molecule has 3 heterocycles. The lowest BCUT2D eigenvalue weighted by Gasteiger charge is -2.02. The molecule has 0 spiro atoms. The number of carbonyl (C=O) groups is 1. The van der Waals surface area contributed by atoms with E-state index in [2.05, 4.69) is 15.4 Å². The lowest BCUT2D eigenvalue weighted by atomic mass is 10.2. The highest BCUT2D eigenvalue weighted by Gasteiger charge is 2.14. The second-order valence-corrected chi connectivity index (χ2v) is 5.34. The SMILES string of the molecule is CNC(=O)Cn1cc(-n2ccnc2-c2cc3ccccc3o2)cn1. The van der Waals surface area contributed by atoms with E-state index >= 15 is 0 Å². The molecule has 7 nitrogen and oxygen atoms in total. The number of aromatic nitrogens is 4. The van der Waals surface area contributed by atoms with Gasteiger partial charge in [0, 0.05) is 31.0 Å². The molecule has 0 bridgehead atoms. The Bertz CT molecular complexity index is 978. The van der Waals surface area contributed by atoms with Crippen molar-refractivity contribution in [2.45, 2.75) is 6.54 Å². The summed E-state index contributed by atoms with van der Waals surface area (Å²) in [6.45, 7) is 0.172. The largest absolute Gasteiger partial charge is 0.453 e. The molecule has 3 aromatic heterocycles. The minimum absolute atomic E-state index is 0.104. The molecule has 0 aliphatic rings. The zero-order valence-corrected chi connectivity index (χ0v) is 13.0. The molecule has 120 valence electrons. The van der Waals surface area contributed by atoms with E-state index in [1.54, 1.807) is 30.3 Å². The molecule has 1 N–H and O–H groups in total. The quantitative estimate of drug-likeness (QED) is 0.625. The fraction of sp³-hybridized carbons (Fsp3) is 0.118. The lowest BCUT2D eigenvalue weighted by Crippen LogP contribution is -2.23. The summed E-state index contributed by atoms with van der Waals surface area (Å²) in [5, 5.41) is 7.82. The predicted molar refractivity (Wildman–Crippen MR) is 88.6 cm³/mol. The van der Waals surface area contributed by atoms with E-state index in [1.807, 2.05) is 41.1 Å². The number of imidazole rings is 1. The maximum atomic E-state index is 11.5. The predicted octanol–water partition coefficient (Wildman–Crippen LogP) is 2.23. The summed E-state index contributed by atoms with van der Waals surface area (Å²) in [5.41, 5.74) is 1.63. The average Bonchev–Trinajstić information content (AvgIpc) is 3.32. The molecule has 4 rings (SSSR count). The van der Waals surface area contributed by atoms with Crippen molar-refractivity contribution < 1.29 is 9.21 Å². The van der Waals surface area contributed by atoms with Gasteiger partial charge in [0.2, 0.25) is 5.91 Å². The maximum absolute atomic E-state index is 11.5. The number of para-hydroxylation sites is 1. The minimum atomic E-state index is -0.104. The van der Waals surface area contributed by atoms with E-state index in [-0.39, 0.29) is 12.5 Å². The van der Waals surface area contributed by atoms with Gasteiger partial charge in [-0.15, -0.1) is 0 Å². The Balaban J connectivity index is 1.71. The topological polar surface area (TPSA) is 77.9 Å². The average molecular weight is 321 g/mol. The van der Waals surface area contributed by atoms with E-state index in [0.717, 1.165) is 16.7 Å². The van der Waals surface area contributed by atoms with E-state index in [1.165, 1.54) is 0 Å². The summed E-state index contributed by atoms with van der Waals surface area (Å²) in [7, 11) is 1.60. The van der Waals surface area contributed by atoms with Crippen molar-refractivity contribution in [3.8, 4) is 17.3 Å². The van der Waals surface area contributed by atoms with Crippen molar-refractivity contribution in [3.05, 3.63) is 55.1 Å². The zero-order valence-electron chi connectivity index (χ0n) is 13.0. The second kappa shape index (κ2) is 5.69.